The number of carbonyl (C=O) groups is 1. The van der Waals surface area contributed by atoms with Crippen LogP contribution in [0, 0.1) is 0 Å². The van der Waals surface area contributed by atoms with E-state index in [9.17, 15) is 9.59 Å². The van der Waals surface area contributed by atoms with Crippen LogP contribution < -0.4 is 5.32 Å². The highest BCUT2D eigenvalue weighted by Gasteiger charge is 2.00. The zero-order chi connectivity index (χ0) is 15.3. The van der Waals surface area contributed by atoms with E-state index in [0.717, 1.165) is 44.2 Å². The standard InChI is InChI=1S/C17H24NO3/c1-2-7-17(20)18-16-11-9-15(10-12-16)8-5-3-4-6-13-21-14-19/h9-12H,2-8,13H2,1H3,(H,18,20). The molecule has 0 spiro atoms. The maximum absolute atomic E-state index is 11.5. The predicted octanol–water partition coefficient (Wildman–Crippen LogP) is 3.61. The van der Waals surface area contributed by atoms with Crippen LogP contribution in [0.5, 0.6) is 0 Å². The molecule has 0 unspecified atom stereocenters. The number of benzene rings is 1. The van der Waals surface area contributed by atoms with Crippen LogP contribution in [0.25, 0.3) is 0 Å². The molecule has 1 radical (unpaired) electrons. The molecule has 115 valence electrons. The lowest BCUT2D eigenvalue weighted by Crippen LogP contribution is -2.10. The molecule has 1 aromatic carbocycles. The monoisotopic (exact) mass is 290 g/mol. The highest BCUT2D eigenvalue weighted by atomic mass is 16.5. The zero-order valence-electron chi connectivity index (χ0n) is 12.7. The third-order valence-corrected chi connectivity index (χ3v) is 3.24. The first-order valence-electron chi connectivity index (χ1n) is 7.64. The van der Waals surface area contributed by atoms with Gasteiger partial charge in [-0.1, -0.05) is 31.9 Å². The van der Waals surface area contributed by atoms with Gasteiger partial charge in [0, 0.05) is 12.1 Å². The molecule has 0 aliphatic carbocycles. The van der Waals surface area contributed by atoms with E-state index in [0.29, 0.717) is 13.0 Å². The first-order valence-corrected chi connectivity index (χ1v) is 7.64. The first kappa shape index (κ1) is 17.2. The molecule has 0 saturated carbocycles. The summed E-state index contributed by atoms with van der Waals surface area (Å²) < 4.78 is 4.52. The molecule has 0 aliphatic heterocycles. The second-order valence-corrected chi connectivity index (χ2v) is 5.09. The van der Waals surface area contributed by atoms with Crippen LogP contribution in [-0.4, -0.2) is 19.0 Å². The molecule has 0 fully saturated rings. The molecule has 0 bridgehead atoms. The van der Waals surface area contributed by atoms with Crippen molar-refractivity contribution in [2.24, 2.45) is 0 Å². The molecule has 0 atom stereocenters. The number of hydrogen-bond donors (Lipinski definition) is 1. The van der Waals surface area contributed by atoms with Crippen LogP contribution in [0.15, 0.2) is 24.3 Å². The quantitative estimate of drug-likeness (QED) is 0.633. The smallest absolute Gasteiger partial charge is 0.417 e. The second kappa shape index (κ2) is 10.9. The number of aryl methyl sites for hydroxylation is 1. The van der Waals surface area contributed by atoms with Gasteiger partial charge in [0.1, 0.15) is 0 Å². The highest BCUT2D eigenvalue weighted by Crippen LogP contribution is 2.13. The van der Waals surface area contributed by atoms with E-state index in [1.807, 2.05) is 19.1 Å². The van der Waals surface area contributed by atoms with E-state index < -0.39 is 0 Å². The van der Waals surface area contributed by atoms with Crippen LogP contribution in [-0.2, 0) is 20.7 Å². The van der Waals surface area contributed by atoms with Crippen molar-refractivity contribution in [3.63, 3.8) is 0 Å². The minimum Gasteiger partial charge on any atom is -0.457 e. The van der Waals surface area contributed by atoms with Gasteiger partial charge >= 0.3 is 6.47 Å². The summed E-state index contributed by atoms with van der Waals surface area (Å²) in [6.07, 6.45) is 6.66. The molecule has 0 saturated heterocycles. The number of ether oxygens (including phenoxy) is 1. The van der Waals surface area contributed by atoms with E-state index in [-0.39, 0.29) is 5.91 Å². The summed E-state index contributed by atoms with van der Waals surface area (Å²) >= 11 is 0. The van der Waals surface area contributed by atoms with Gasteiger partial charge in [0.25, 0.3) is 0 Å². The molecule has 0 heterocycles. The number of carbonyl (C=O) groups excluding carboxylic acids is 2. The molecule has 4 heteroatoms. The van der Waals surface area contributed by atoms with Gasteiger partial charge in [-0.25, -0.2) is 4.79 Å². The van der Waals surface area contributed by atoms with Crippen LogP contribution in [0.3, 0.4) is 0 Å². The predicted molar refractivity (Wildman–Crippen MR) is 83.8 cm³/mol. The minimum atomic E-state index is 0.0695. The number of unbranched alkanes of at least 4 members (excludes halogenated alkanes) is 3. The fourth-order valence-corrected chi connectivity index (χ4v) is 2.10. The van der Waals surface area contributed by atoms with Gasteiger partial charge in [0.05, 0.1) is 6.61 Å². The largest absolute Gasteiger partial charge is 0.457 e. The molecule has 4 nitrogen and oxygen atoms in total. The van der Waals surface area contributed by atoms with Crippen LogP contribution in [0.2, 0.25) is 0 Å². The van der Waals surface area contributed by atoms with Gasteiger partial charge in [-0.2, -0.15) is 0 Å². The Morgan fingerprint density at radius 2 is 1.86 bits per heavy atom. The first-order chi connectivity index (χ1) is 10.3. The summed E-state index contributed by atoms with van der Waals surface area (Å²) in [4.78, 5) is 21.3. The second-order valence-electron chi connectivity index (χ2n) is 5.09. The van der Waals surface area contributed by atoms with E-state index in [4.69, 9.17) is 0 Å². The van der Waals surface area contributed by atoms with Crippen molar-refractivity contribution >= 4 is 18.1 Å². The number of hydrogen-bond acceptors (Lipinski definition) is 3. The summed E-state index contributed by atoms with van der Waals surface area (Å²) in [6, 6.07) is 8.03. The van der Waals surface area contributed by atoms with Gasteiger partial charge in [-0.3, -0.25) is 4.79 Å². The Morgan fingerprint density at radius 3 is 2.52 bits per heavy atom. The SMILES string of the molecule is CCCC(=O)Nc1ccc(CCCCCCO[C]=O)cc1. The van der Waals surface area contributed by atoms with Gasteiger partial charge < -0.3 is 10.1 Å². The van der Waals surface area contributed by atoms with Crippen molar-refractivity contribution in [2.45, 2.75) is 51.9 Å². The van der Waals surface area contributed by atoms with Gasteiger partial charge in [0.15, 0.2) is 0 Å². The highest BCUT2D eigenvalue weighted by molar-refractivity contribution is 5.90. The van der Waals surface area contributed by atoms with Crippen molar-refractivity contribution in [1.29, 1.82) is 0 Å². The van der Waals surface area contributed by atoms with Gasteiger partial charge in [0.2, 0.25) is 5.91 Å². The average molecular weight is 290 g/mol. The average Bonchev–Trinajstić information content (AvgIpc) is 2.48. The van der Waals surface area contributed by atoms with Crippen molar-refractivity contribution < 1.29 is 14.3 Å². The van der Waals surface area contributed by atoms with E-state index in [1.54, 1.807) is 0 Å². The van der Waals surface area contributed by atoms with Crippen molar-refractivity contribution in [3.05, 3.63) is 29.8 Å². The van der Waals surface area contributed by atoms with E-state index in [1.165, 1.54) is 12.0 Å². The normalized spacial score (nSPS) is 10.1. The molecule has 1 aromatic rings. The molecular formula is C17H24NO3. The maximum atomic E-state index is 11.5. The number of rotatable bonds is 11. The Morgan fingerprint density at radius 1 is 1.14 bits per heavy atom. The summed E-state index contributed by atoms with van der Waals surface area (Å²) in [7, 11) is 0. The van der Waals surface area contributed by atoms with Crippen molar-refractivity contribution in [3.8, 4) is 0 Å². The molecule has 0 aliphatic rings. The summed E-state index contributed by atoms with van der Waals surface area (Å²) in [5.41, 5.74) is 2.14. The Hall–Kier alpha value is -1.84. The van der Waals surface area contributed by atoms with Gasteiger partial charge in [-0.15, -0.1) is 0 Å². The number of nitrogens with one attached hydrogen (secondary N) is 1. The van der Waals surface area contributed by atoms with Crippen LogP contribution >= 0.6 is 0 Å². The van der Waals surface area contributed by atoms with Crippen molar-refractivity contribution in [1.82, 2.24) is 0 Å². The molecule has 1 N–H and O–H groups in total. The third-order valence-electron chi connectivity index (χ3n) is 3.24. The Labute approximate surface area is 126 Å². The summed E-state index contributed by atoms with van der Waals surface area (Å²) in [5.74, 6) is 0.0695. The molecule has 0 aromatic heterocycles. The van der Waals surface area contributed by atoms with Crippen LogP contribution in [0.1, 0.15) is 51.0 Å². The third kappa shape index (κ3) is 8.12. The van der Waals surface area contributed by atoms with E-state index in [2.05, 4.69) is 22.2 Å². The fourth-order valence-electron chi connectivity index (χ4n) is 2.10. The van der Waals surface area contributed by atoms with Crippen molar-refractivity contribution in [2.75, 3.05) is 11.9 Å². The Balaban J connectivity index is 2.19. The summed E-state index contributed by atoms with van der Waals surface area (Å²) in [5, 5.41) is 2.88. The lowest BCUT2D eigenvalue weighted by molar-refractivity contribution is -0.116. The number of amides is 1. The lowest BCUT2D eigenvalue weighted by atomic mass is 10.1. The topological polar surface area (TPSA) is 55.4 Å². The molecule has 21 heavy (non-hydrogen) atoms. The summed E-state index contributed by atoms with van der Waals surface area (Å²) in [6.45, 7) is 3.89. The molecule has 1 rings (SSSR count). The Bertz CT molecular complexity index is 415. The maximum Gasteiger partial charge on any atom is 0.417 e. The Kier molecular flexibility index (Phi) is 8.93. The zero-order valence-corrected chi connectivity index (χ0v) is 12.7. The molecular weight excluding hydrogens is 266 g/mol. The fraction of sp³-hybridized carbons (Fsp3) is 0.529. The molecule has 1 amide bonds. The minimum absolute atomic E-state index is 0.0695. The van der Waals surface area contributed by atoms with E-state index >= 15 is 0 Å². The van der Waals surface area contributed by atoms with Gasteiger partial charge in [-0.05, 0) is 43.4 Å². The van der Waals surface area contributed by atoms with Crippen LogP contribution in [0.4, 0.5) is 5.69 Å². The number of anilines is 1. The lowest BCUT2D eigenvalue weighted by Gasteiger charge is -2.06.